The molecule has 6 aromatic rings. The van der Waals surface area contributed by atoms with Gasteiger partial charge in [-0.05, 0) is 87.9 Å². The number of aromatic nitrogens is 6. The summed E-state index contributed by atoms with van der Waals surface area (Å²) in [6.45, 7) is 6.43. The van der Waals surface area contributed by atoms with Crippen LogP contribution in [0, 0.1) is 13.8 Å². The number of methoxy groups -OCH3 is 1. The summed E-state index contributed by atoms with van der Waals surface area (Å²) < 4.78 is 15.8. The molecule has 2 aromatic heterocycles. The maximum atomic E-state index is 13.7. The predicted molar refractivity (Wildman–Crippen MR) is 226 cm³/mol. The number of ketones is 1. The number of benzene rings is 4. The lowest BCUT2D eigenvalue weighted by Gasteiger charge is -2.15. The van der Waals surface area contributed by atoms with Gasteiger partial charge < -0.3 is 14.8 Å². The molecule has 4 aromatic carbocycles. The predicted octanol–water partition coefficient (Wildman–Crippen LogP) is 7.91. The Morgan fingerprint density at radius 2 is 1.20 bits per heavy atom. The fraction of sp³-hybridized carbons (Fsp3) is 0.273. The molecule has 0 aliphatic carbocycles. The molecule has 8 rings (SSSR count). The minimum Gasteiger partial charge on any atom is -0.497 e. The molecule has 0 fully saturated rings. The first-order valence-corrected chi connectivity index (χ1v) is 20.1. The number of nitrogens with zero attached hydrogens (tertiary/aromatic N) is 8. The Morgan fingerprint density at radius 1 is 0.695 bits per heavy atom. The van der Waals surface area contributed by atoms with Gasteiger partial charge >= 0.3 is 0 Å². The first-order chi connectivity index (χ1) is 28.6. The lowest BCUT2D eigenvalue weighted by atomic mass is 9.99. The van der Waals surface area contributed by atoms with Gasteiger partial charge in [-0.2, -0.15) is 0 Å². The zero-order valence-electron chi connectivity index (χ0n) is 32.9. The van der Waals surface area contributed by atoms with Crippen molar-refractivity contribution in [3.63, 3.8) is 0 Å². The maximum absolute atomic E-state index is 13.7. The van der Waals surface area contributed by atoms with E-state index in [0.717, 1.165) is 33.6 Å². The number of ether oxygens (including phenoxy) is 2. The molecular weight excluding hydrogens is 789 g/mol. The number of rotatable bonds is 13. The van der Waals surface area contributed by atoms with Crippen molar-refractivity contribution >= 4 is 46.3 Å². The van der Waals surface area contributed by atoms with Gasteiger partial charge in [0.2, 0.25) is 5.91 Å². The number of fused-ring (bicyclic) bond motifs is 6. The van der Waals surface area contributed by atoms with Crippen LogP contribution in [0.3, 0.4) is 0 Å². The number of amides is 1. The molecule has 15 heteroatoms. The Kier molecular flexibility index (Phi) is 11.4. The van der Waals surface area contributed by atoms with Gasteiger partial charge in [0.1, 0.15) is 41.0 Å². The molecule has 2 aliphatic rings. The maximum Gasteiger partial charge on any atom is 0.222 e. The molecule has 1 amide bonds. The number of halogens is 2. The van der Waals surface area contributed by atoms with Crippen LogP contribution in [-0.2, 0) is 9.59 Å². The zero-order valence-corrected chi connectivity index (χ0v) is 34.5. The summed E-state index contributed by atoms with van der Waals surface area (Å²) in [5, 5.41) is 21.8. The Morgan fingerprint density at radius 3 is 1.73 bits per heavy atom. The summed E-state index contributed by atoms with van der Waals surface area (Å²) in [4.78, 5) is 36.9. The van der Waals surface area contributed by atoms with Crippen LogP contribution in [0.1, 0.15) is 90.2 Å². The molecule has 0 saturated heterocycles. The van der Waals surface area contributed by atoms with Gasteiger partial charge in [-0.3, -0.25) is 28.7 Å². The Bertz CT molecular complexity index is 2620. The van der Waals surface area contributed by atoms with Crippen molar-refractivity contribution in [3.05, 3.63) is 141 Å². The van der Waals surface area contributed by atoms with Gasteiger partial charge in [0.05, 0.1) is 42.9 Å². The number of hydrogen-bond acceptors (Lipinski definition) is 10. The smallest absolute Gasteiger partial charge is 0.222 e. The third-order valence-electron chi connectivity index (χ3n) is 10.3. The van der Waals surface area contributed by atoms with Gasteiger partial charge in [-0.25, -0.2) is 0 Å². The second kappa shape index (κ2) is 17.0. The third kappa shape index (κ3) is 8.12. The normalized spacial score (nSPS) is 15.4. The van der Waals surface area contributed by atoms with E-state index in [1.165, 1.54) is 0 Å². The number of carbonyl (C=O) groups excluding carboxylic acids is 2. The van der Waals surface area contributed by atoms with Gasteiger partial charge in [0.15, 0.2) is 11.6 Å². The molecule has 0 bridgehead atoms. The monoisotopic (exact) mass is 829 g/mol. The number of aryl methyl sites for hydroxylation is 2. The molecule has 0 saturated carbocycles. The van der Waals surface area contributed by atoms with E-state index in [4.69, 9.17) is 42.7 Å². The van der Waals surface area contributed by atoms with E-state index < -0.39 is 12.1 Å². The van der Waals surface area contributed by atoms with E-state index >= 15 is 0 Å². The standard InChI is InChI=1S/C44H41Cl2N9O4/c1-5-47-40(57)24-37-44-53-51-26(3)55(44)39-19-17-33(23-35(39)42(49-37)28-10-14-30(46)15-11-28)59-20-6-7-31(56)21-36-43-52-50-25(2)54(43)38-18-16-32(58-4)22-34(38)41(48-36)27-8-12-29(45)13-9-27/h8-19,22-23,36-37H,5-7,20-21,24H2,1-4H3,(H,47,57)/t36-,37-/m0/s1. The quantitative estimate of drug-likeness (QED) is 0.115. The van der Waals surface area contributed by atoms with Crippen molar-refractivity contribution in [2.75, 3.05) is 20.3 Å². The average molecular weight is 831 g/mol. The molecule has 0 radical (unpaired) electrons. The minimum absolute atomic E-state index is 0.0152. The summed E-state index contributed by atoms with van der Waals surface area (Å²) in [5.74, 6) is 3.66. The Balaban J connectivity index is 1.03. The fourth-order valence-electron chi connectivity index (χ4n) is 7.54. The van der Waals surface area contributed by atoms with E-state index in [1.807, 2.05) is 115 Å². The highest BCUT2D eigenvalue weighted by molar-refractivity contribution is 6.31. The van der Waals surface area contributed by atoms with Crippen LogP contribution >= 0.6 is 23.2 Å². The van der Waals surface area contributed by atoms with Crippen LogP contribution < -0.4 is 14.8 Å². The first-order valence-electron chi connectivity index (χ1n) is 19.4. The van der Waals surface area contributed by atoms with Crippen LogP contribution in [0.25, 0.3) is 11.4 Å². The van der Waals surface area contributed by atoms with E-state index in [-0.39, 0.29) is 31.0 Å². The van der Waals surface area contributed by atoms with Crippen molar-refractivity contribution in [2.24, 2.45) is 9.98 Å². The first kappa shape index (κ1) is 39.6. The molecule has 2 aliphatic heterocycles. The fourth-order valence-corrected chi connectivity index (χ4v) is 7.79. The second-order valence-corrected chi connectivity index (χ2v) is 15.2. The second-order valence-electron chi connectivity index (χ2n) is 14.3. The number of carbonyl (C=O) groups is 2. The minimum atomic E-state index is -0.592. The van der Waals surface area contributed by atoms with Crippen molar-refractivity contribution in [2.45, 2.75) is 58.5 Å². The lowest BCUT2D eigenvalue weighted by molar-refractivity contribution is -0.121. The van der Waals surface area contributed by atoms with Crippen LogP contribution in [0.2, 0.25) is 10.0 Å². The van der Waals surface area contributed by atoms with E-state index in [2.05, 4.69) is 25.7 Å². The van der Waals surface area contributed by atoms with Gasteiger partial charge in [-0.1, -0.05) is 47.5 Å². The topological polar surface area (TPSA) is 151 Å². The molecule has 0 spiro atoms. The summed E-state index contributed by atoms with van der Waals surface area (Å²) in [6.07, 6.45) is 0.964. The van der Waals surface area contributed by atoms with Crippen molar-refractivity contribution in [3.8, 4) is 22.9 Å². The van der Waals surface area contributed by atoms with E-state index in [1.54, 1.807) is 7.11 Å². The third-order valence-corrected chi connectivity index (χ3v) is 10.8. The molecule has 59 heavy (non-hydrogen) atoms. The molecule has 4 heterocycles. The van der Waals surface area contributed by atoms with Crippen LogP contribution in [0.5, 0.6) is 11.5 Å². The van der Waals surface area contributed by atoms with Gasteiger partial charge in [0.25, 0.3) is 0 Å². The summed E-state index contributed by atoms with van der Waals surface area (Å²) in [7, 11) is 1.62. The van der Waals surface area contributed by atoms with Gasteiger partial charge in [0, 0.05) is 51.7 Å². The van der Waals surface area contributed by atoms with Crippen LogP contribution in [-0.4, -0.2) is 72.9 Å². The van der Waals surface area contributed by atoms with Crippen LogP contribution in [0.15, 0.2) is 94.9 Å². The molecular formula is C44H41Cl2N9O4. The number of hydrogen-bond donors (Lipinski definition) is 1. The molecule has 300 valence electrons. The summed E-state index contributed by atoms with van der Waals surface area (Å²) >= 11 is 12.5. The lowest BCUT2D eigenvalue weighted by Crippen LogP contribution is -2.25. The largest absolute Gasteiger partial charge is 0.497 e. The molecule has 13 nitrogen and oxygen atoms in total. The highest BCUT2D eigenvalue weighted by Crippen LogP contribution is 2.37. The molecule has 0 unspecified atom stereocenters. The zero-order chi connectivity index (χ0) is 41.2. The van der Waals surface area contributed by atoms with Crippen molar-refractivity contribution < 1.29 is 19.1 Å². The van der Waals surface area contributed by atoms with E-state index in [9.17, 15) is 9.59 Å². The van der Waals surface area contributed by atoms with Crippen molar-refractivity contribution in [1.29, 1.82) is 0 Å². The Labute approximate surface area is 351 Å². The number of aliphatic imine (C=N–C) groups is 2. The summed E-state index contributed by atoms with van der Waals surface area (Å²) in [6, 6.07) is 25.3. The highest BCUT2D eigenvalue weighted by Gasteiger charge is 2.32. The average Bonchev–Trinajstić information content (AvgIpc) is 3.74. The highest BCUT2D eigenvalue weighted by atomic mass is 35.5. The molecule has 1 N–H and O–H groups in total. The van der Waals surface area contributed by atoms with E-state index in [0.29, 0.717) is 75.8 Å². The number of nitrogens with one attached hydrogen (secondary N) is 1. The summed E-state index contributed by atoms with van der Waals surface area (Å²) in [5.41, 5.74) is 6.31. The van der Waals surface area contributed by atoms with Crippen molar-refractivity contribution in [1.82, 2.24) is 34.8 Å². The number of Topliss-reactive ketones (excluding diaryl/α,β-unsaturated/α-hetero) is 1. The Hall–Kier alpha value is -6.18. The molecule has 2 atom stereocenters. The SMILES string of the molecule is CCNC(=O)C[C@@H]1N=C(c2ccc(Cl)cc2)c2cc(OCCCC(=O)C[C@@H]3N=C(c4ccc(Cl)cc4)c4cc(OC)ccc4-n4c(C)nnc43)ccc2-n2c(C)nnc21. The van der Waals surface area contributed by atoms with Crippen LogP contribution in [0.4, 0.5) is 0 Å². The van der Waals surface area contributed by atoms with Gasteiger partial charge in [-0.15, -0.1) is 20.4 Å².